The number of nitrogens with zero attached hydrogens (tertiary/aromatic N) is 1. The number of phenols is 2. The zero-order valence-electron chi connectivity index (χ0n) is 14.1. The molecule has 0 bridgehead atoms. The molecule has 0 aromatic heterocycles. The van der Waals surface area contributed by atoms with E-state index in [0.717, 1.165) is 10.8 Å². The molecular weight excluding hydrogens is 332 g/mol. The molecule has 3 rings (SSSR count). The van der Waals surface area contributed by atoms with Gasteiger partial charge < -0.3 is 14.9 Å². The summed E-state index contributed by atoms with van der Waals surface area (Å²) in [4.78, 5) is 12.3. The van der Waals surface area contributed by atoms with Gasteiger partial charge in [0.25, 0.3) is 5.91 Å². The summed E-state index contributed by atoms with van der Waals surface area (Å²) in [5, 5.41) is 25.4. The maximum atomic E-state index is 12.3. The Labute approximate surface area is 150 Å². The van der Waals surface area contributed by atoms with Crippen LogP contribution in [-0.2, 0) is 0 Å². The fourth-order valence-electron chi connectivity index (χ4n) is 2.53. The molecule has 26 heavy (non-hydrogen) atoms. The van der Waals surface area contributed by atoms with Gasteiger partial charge in [-0.3, -0.25) is 4.79 Å². The summed E-state index contributed by atoms with van der Waals surface area (Å²) in [6.07, 6.45) is 1.39. The second-order valence-electron chi connectivity index (χ2n) is 5.58. The van der Waals surface area contributed by atoms with Gasteiger partial charge in [-0.25, -0.2) is 5.43 Å². The van der Waals surface area contributed by atoms with Crippen LogP contribution in [0.2, 0.25) is 0 Å². The molecule has 0 spiro atoms. The fourth-order valence-corrected chi connectivity index (χ4v) is 2.53. The van der Waals surface area contributed by atoms with E-state index < -0.39 is 5.91 Å². The molecule has 0 saturated carbocycles. The highest BCUT2D eigenvalue weighted by molar-refractivity contribution is 6.01. The van der Waals surface area contributed by atoms with Crippen LogP contribution in [0, 0.1) is 0 Å². The van der Waals surface area contributed by atoms with Crippen molar-refractivity contribution in [3.63, 3.8) is 0 Å². The third kappa shape index (κ3) is 3.75. The number of hydrogen-bond acceptors (Lipinski definition) is 5. The number of hydrogen-bond donors (Lipinski definition) is 3. The monoisotopic (exact) mass is 350 g/mol. The van der Waals surface area contributed by atoms with Crippen molar-refractivity contribution in [1.82, 2.24) is 5.43 Å². The van der Waals surface area contributed by atoms with E-state index >= 15 is 0 Å². The molecule has 6 nitrogen and oxygen atoms in total. The largest absolute Gasteiger partial charge is 0.507 e. The van der Waals surface area contributed by atoms with E-state index in [1.54, 1.807) is 24.3 Å². The van der Waals surface area contributed by atoms with Gasteiger partial charge >= 0.3 is 0 Å². The van der Waals surface area contributed by atoms with Crippen molar-refractivity contribution in [2.45, 2.75) is 6.92 Å². The summed E-state index contributed by atoms with van der Waals surface area (Å²) in [5.41, 5.74) is 3.10. The van der Waals surface area contributed by atoms with Crippen LogP contribution in [0.3, 0.4) is 0 Å². The van der Waals surface area contributed by atoms with Crippen LogP contribution in [0.15, 0.2) is 59.7 Å². The molecule has 132 valence electrons. The molecule has 0 heterocycles. The van der Waals surface area contributed by atoms with Crippen LogP contribution in [0.4, 0.5) is 0 Å². The number of rotatable bonds is 5. The van der Waals surface area contributed by atoms with Crippen molar-refractivity contribution in [2.24, 2.45) is 5.10 Å². The summed E-state index contributed by atoms with van der Waals surface area (Å²) in [6, 6.07) is 15.4. The van der Waals surface area contributed by atoms with Crippen LogP contribution in [0.25, 0.3) is 10.8 Å². The van der Waals surface area contributed by atoms with Crippen LogP contribution in [-0.4, -0.2) is 28.9 Å². The van der Waals surface area contributed by atoms with Gasteiger partial charge in [-0.05, 0) is 53.6 Å². The van der Waals surface area contributed by atoms with Gasteiger partial charge in [0, 0.05) is 0 Å². The second-order valence-corrected chi connectivity index (χ2v) is 5.58. The number of phenolic OH excluding ortho intramolecular Hbond substituents is 2. The molecule has 0 aliphatic carbocycles. The van der Waals surface area contributed by atoms with Crippen LogP contribution >= 0.6 is 0 Å². The van der Waals surface area contributed by atoms with Gasteiger partial charge in [0.05, 0.1) is 18.4 Å². The quantitative estimate of drug-likeness (QED) is 0.486. The molecule has 3 aromatic rings. The maximum absolute atomic E-state index is 12.3. The predicted molar refractivity (Wildman–Crippen MR) is 99.9 cm³/mol. The predicted octanol–water partition coefficient (Wildman–Crippen LogP) is 3.41. The molecule has 0 unspecified atom stereocenters. The molecule has 0 atom stereocenters. The zero-order chi connectivity index (χ0) is 18.5. The minimum Gasteiger partial charge on any atom is -0.507 e. The number of benzene rings is 3. The first kappa shape index (κ1) is 17.3. The number of aromatic hydroxyl groups is 2. The number of nitrogens with one attached hydrogen (secondary N) is 1. The first-order valence-electron chi connectivity index (χ1n) is 8.09. The molecule has 1 amide bonds. The van der Waals surface area contributed by atoms with E-state index in [2.05, 4.69) is 10.5 Å². The van der Waals surface area contributed by atoms with Crippen molar-refractivity contribution in [3.05, 3.63) is 65.7 Å². The molecule has 0 aliphatic rings. The summed E-state index contributed by atoms with van der Waals surface area (Å²) in [6.45, 7) is 2.28. The van der Waals surface area contributed by atoms with E-state index in [4.69, 9.17) is 4.74 Å². The number of carbonyl (C=O) groups excluding carboxylic acids is 1. The average molecular weight is 350 g/mol. The van der Waals surface area contributed by atoms with E-state index in [-0.39, 0.29) is 17.1 Å². The van der Waals surface area contributed by atoms with E-state index in [1.165, 1.54) is 12.3 Å². The Bertz CT molecular complexity index is 983. The van der Waals surface area contributed by atoms with Gasteiger partial charge in [-0.1, -0.05) is 24.3 Å². The topological polar surface area (TPSA) is 91.2 Å². The van der Waals surface area contributed by atoms with Crippen LogP contribution in [0.1, 0.15) is 22.8 Å². The number of amides is 1. The fraction of sp³-hybridized carbons (Fsp3) is 0.100. The molecule has 0 aliphatic heterocycles. The Balaban J connectivity index is 1.73. The number of carbonyl (C=O) groups is 1. The highest BCUT2D eigenvalue weighted by Gasteiger charge is 2.11. The van der Waals surface area contributed by atoms with Gasteiger partial charge in [0.1, 0.15) is 5.75 Å². The summed E-state index contributed by atoms with van der Waals surface area (Å²) in [5.74, 6) is -0.265. The second kappa shape index (κ2) is 7.57. The summed E-state index contributed by atoms with van der Waals surface area (Å²) in [7, 11) is 0. The summed E-state index contributed by atoms with van der Waals surface area (Å²) >= 11 is 0. The van der Waals surface area contributed by atoms with Crippen molar-refractivity contribution in [1.29, 1.82) is 0 Å². The third-order valence-electron chi connectivity index (χ3n) is 3.77. The Hall–Kier alpha value is -3.54. The standard InChI is InChI=1S/C20H18N2O4/c1-2-26-19-8-7-13(9-18(19)24)12-21-22-20(25)16-10-14-5-3-4-6-15(14)11-17(16)23/h3-12,23-24H,2H2,1H3,(H,22,25). The lowest BCUT2D eigenvalue weighted by molar-refractivity contribution is 0.0952. The van der Waals surface area contributed by atoms with E-state index in [0.29, 0.717) is 17.9 Å². The Kier molecular flexibility index (Phi) is 5.03. The lowest BCUT2D eigenvalue weighted by Crippen LogP contribution is -2.17. The van der Waals surface area contributed by atoms with Gasteiger partial charge in [-0.15, -0.1) is 0 Å². The molecular formula is C20H18N2O4. The smallest absolute Gasteiger partial charge is 0.275 e. The minimum absolute atomic E-state index is 0.00528. The van der Waals surface area contributed by atoms with Crippen LogP contribution in [0.5, 0.6) is 17.2 Å². The first-order chi connectivity index (χ1) is 12.6. The Morgan fingerprint density at radius 1 is 1.08 bits per heavy atom. The van der Waals surface area contributed by atoms with Crippen molar-refractivity contribution in [3.8, 4) is 17.2 Å². The highest BCUT2D eigenvalue weighted by Crippen LogP contribution is 2.26. The third-order valence-corrected chi connectivity index (χ3v) is 3.77. The van der Waals surface area contributed by atoms with E-state index in [1.807, 2.05) is 31.2 Å². The van der Waals surface area contributed by atoms with Crippen molar-refractivity contribution >= 4 is 22.9 Å². The lowest BCUT2D eigenvalue weighted by atomic mass is 10.1. The average Bonchev–Trinajstić information content (AvgIpc) is 2.63. The molecule has 6 heteroatoms. The highest BCUT2D eigenvalue weighted by atomic mass is 16.5. The Morgan fingerprint density at radius 2 is 1.81 bits per heavy atom. The normalized spacial score (nSPS) is 11.0. The first-order valence-corrected chi connectivity index (χ1v) is 8.09. The van der Waals surface area contributed by atoms with Gasteiger partial charge in [0.2, 0.25) is 0 Å². The maximum Gasteiger partial charge on any atom is 0.275 e. The number of fused-ring (bicyclic) bond motifs is 1. The summed E-state index contributed by atoms with van der Waals surface area (Å²) < 4.78 is 5.25. The zero-order valence-corrected chi connectivity index (χ0v) is 14.1. The Morgan fingerprint density at radius 3 is 2.50 bits per heavy atom. The lowest BCUT2D eigenvalue weighted by Gasteiger charge is -2.06. The SMILES string of the molecule is CCOc1ccc(C=NNC(=O)c2cc3ccccc3cc2O)cc1O. The number of ether oxygens (including phenoxy) is 1. The molecule has 0 saturated heterocycles. The molecule has 0 fully saturated rings. The molecule has 0 radical (unpaired) electrons. The van der Waals surface area contributed by atoms with Gasteiger partial charge in [0.15, 0.2) is 11.5 Å². The molecule has 3 aromatic carbocycles. The van der Waals surface area contributed by atoms with Crippen LogP contribution < -0.4 is 10.2 Å². The number of hydrazone groups is 1. The van der Waals surface area contributed by atoms with Crippen molar-refractivity contribution < 1.29 is 19.7 Å². The van der Waals surface area contributed by atoms with Gasteiger partial charge in [-0.2, -0.15) is 5.10 Å². The molecule has 3 N–H and O–H groups in total. The van der Waals surface area contributed by atoms with Crippen molar-refractivity contribution in [2.75, 3.05) is 6.61 Å². The minimum atomic E-state index is -0.528. The van der Waals surface area contributed by atoms with E-state index in [9.17, 15) is 15.0 Å².